The van der Waals surface area contributed by atoms with Crippen LogP contribution < -0.4 is 10.1 Å². The van der Waals surface area contributed by atoms with E-state index >= 15 is 0 Å². The molecule has 0 aromatic carbocycles. The van der Waals surface area contributed by atoms with Crippen LogP contribution in [0.15, 0.2) is 12.4 Å². The Kier molecular flexibility index (Phi) is 5.77. The molecule has 20 heavy (non-hydrogen) atoms. The molecular formula is C16H27N3O. The lowest BCUT2D eigenvalue weighted by molar-refractivity contribution is 0.116. The molecule has 0 amide bonds. The Morgan fingerprint density at radius 1 is 1.35 bits per heavy atom. The van der Waals surface area contributed by atoms with Gasteiger partial charge in [0, 0.05) is 18.8 Å². The molecule has 1 N–H and O–H groups in total. The van der Waals surface area contributed by atoms with Gasteiger partial charge in [-0.2, -0.15) is 0 Å². The number of nitrogens with one attached hydrogen (secondary N) is 1. The van der Waals surface area contributed by atoms with E-state index in [1.54, 1.807) is 12.4 Å². The van der Waals surface area contributed by atoms with Gasteiger partial charge in [0.1, 0.15) is 6.10 Å². The third-order valence-electron chi connectivity index (χ3n) is 3.95. The molecule has 0 radical (unpaired) electrons. The first-order valence-corrected chi connectivity index (χ1v) is 7.88. The summed E-state index contributed by atoms with van der Waals surface area (Å²) in [4.78, 5) is 8.78. The molecule has 1 aromatic rings. The van der Waals surface area contributed by atoms with Gasteiger partial charge in [0.15, 0.2) is 0 Å². The van der Waals surface area contributed by atoms with Crippen LogP contribution in [-0.2, 0) is 6.54 Å². The standard InChI is InChI=1S/C16H27N3O/c1-4-13-6-5-7-15(8-13)20-16-11-17-9-14(19-16)10-18-12(2)3/h9,11-13,15,18H,4-8,10H2,1-3H3. The molecule has 1 aliphatic rings. The number of rotatable bonds is 6. The summed E-state index contributed by atoms with van der Waals surface area (Å²) >= 11 is 0. The molecule has 112 valence electrons. The average molecular weight is 277 g/mol. The Balaban J connectivity index is 1.90. The van der Waals surface area contributed by atoms with E-state index in [1.807, 2.05) is 0 Å². The summed E-state index contributed by atoms with van der Waals surface area (Å²) in [6.07, 6.45) is 10.0. The molecule has 0 bridgehead atoms. The molecule has 2 atom stereocenters. The van der Waals surface area contributed by atoms with Crippen LogP contribution in [0.3, 0.4) is 0 Å². The van der Waals surface area contributed by atoms with Gasteiger partial charge in [-0.15, -0.1) is 0 Å². The van der Waals surface area contributed by atoms with Crippen LogP contribution in [0, 0.1) is 5.92 Å². The van der Waals surface area contributed by atoms with Gasteiger partial charge in [-0.3, -0.25) is 4.98 Å². The van der Waals surface area contributed by atoms with E-state index < -0.39 is 0 Å². The molecule has 4 nitrogen and oxygen atoms in total. The van der Waals surface area contributed by atoms with E-state index in [1.165, 1.54) is 19.3 Å². The molecule has 0 spiro atoms. The van der Waals surface area contributed by atoms with Crippen molar-refractivity contribution in [2.24, 2.45) is 5.92 Å². The fourth-order valence-electron chi connectivity index (χ4n) is 2.73. The Labute approximate surface area is 122 Å². The van der Waals surface area contributed by atoms with Crippen LogP contribution in [0.2, 0.25) is 0 Å². The van der Waals surface area contributed by atoms with Crippen LogP contribution in [-0.4, -0.2) is 22.1 Å². The monoisotopic (exact) mass is 277 g/mol. The second-order valence-corrected chi connectivity index (χ2v) is 6.06. The highest BCUT2D eigenvalue weighted by Gasteiger charge is 2.22. The van der Waals surface area contributed by atoms with Gasteiger partial charge in [-0.25, -0.2) is 4.98 Å². The molecular weight excluding hydrogens is 250 g/mol. The van der Waals surface area contributed by atoms with Crippen LogP contribution in [0.1, 0.15) is 58.6 Å². The maximum atomic E-state index is 6.03. The summed E-state index contributed by atoms with van der Waals surface area (Å²) in [7, 11) is 0. The minimum atomic E-state index is 0.316. The second kappa shape index (κ2) is 7.58. The zero-order valence-corrected chi connectivity index (χ0v) is 12.9. The molecule has 2 unspecified atom stereocenters. The van der Waals surface area contributed by atoms with Crippen molar-refractivity contribution in [3.05, 3.63) is 18.1 Å². The molecule has 0 saturated heterocycles. The van der Waals surface area contributed by atoms with Gasteiger partial charge in [0.05, 0.1) is 11.9 Å². The summed E-state index contributed by atoms with van der Waals surface area (Å²) in [5.41, 5.74) is 0.944. The molecule has 1 fully saturated rings. The van der Waals surface area contributed by atoms with Crippen LogP contribution >= 0.6 is 0 Å². The molecule has 1 aliphatic carbocycles. The number of hydrogen-bond acceptors (Lipinski definition) is 4. The second-order valence-electron chi connectivity index (χ2n) is 6.06. The smallest absolute Gasteiger partial charge is 0.232 e. The van der Waals surface area contributed by atoms with E-state index in [0.717, 1.165) is 31.0 Å². The van der Waals surface area contributed by atoms with Gasteiger partial charge in [0.25, 0.3) is 0 Å². The van der Waals surface area contributed by atoms with Gasteiger partial charge in [0.2, 0.25) is 5.88 Å². The van der Waals surface area contributed by atoms with E-state index in [0.29, 0.717) is 18.0 Å². The van der Waals surface area contributed by atoms with Crippen molar-refractivity contribution in [1.29, 1.82) is 0 Å². The lowest BCUT2D eigenvalue weighted by atomic mass is 9.85. The van der Waals surface area contributed by atoms with E-state index in [9.17, 15) is 0 Å². The summed E-state index contributed by atoms with van der Waals surface area (Å²) in [6.45, 7) is 7.26. The van der Waals surface area contributed by atoms with Crippen LogP contribution in [0.4, 0.5) is 0 Å². The fraction of sp³-hybridized carbons (Fsp3) is 0.750. The maximum absolute atomic E-state index is 6.03. The highest BCUT2D eigenvalue weighted by Crippen LogP contribution is 2.28. The molecule has 4 heteroatoms. The number of hydrogen-bond donors (Lipinski definition) is 1. The van der Waals surface area contributed by atoms with Crippen molar-refractivity contribution in [3.8, 4) is 5.88 Å². The van der Waals surface area contributed by atoms with Crippen LogP contribution in [0.5, 0.6) is 5.88 Å². The summed E-state index contributed by atoms with van der Waals surface area (Å²) in [5.74, 6) is 1.49. The fourth-order valence-corrected chi connectivity index (χ4v) is 2.73. The maximum Gasteiger partial charge on any atom is 0.232 e. The minimum Gasteiger partial charge on any atom is -0.473 e. The van der Waals surface area contributed by atoms with Gasteiger partial charge < -0.3 is 10.1 Å². The molecule has 2 rings (SSSR count). The first kappa shape index (κ1) is 15.2. The normalized spacial score (nSPS) is 23.0. The number of nitrogens with zero attached hydrogens (tertiary/aromatic N) is 2. The Bertz CT molecular complexity index is 408. The lowest BCUT2D eigenvalue weighted by Gasteiger charge is -2.28. The van der Waals surface area contributed by atoms with Crippen molar-refractivity contribution in [3.63, 3.8) is 0 Å². The van der Waals surface area contributed by atoms with E-state index in [2.05, 4.69) is 36.1 Å². The largest absolute Gasteiger partial charge is 0.473 e. The van der Waals surface area contributed by atoms with E-state index in [-0.39, 0.29) is 0 Å². The SMILES string of the molecule is CCC1CCCC(Oc2cncc(CNC(C)C)n2)C1. The Hall–Kier alpha value is -1.16. The Morgan fingerprint density at radius 3 is 2.95 bits per heavy atom. The summed E-state index contributed by atoms with van der Waals surface area (Å²) in [6, 6.07) is 0.449. The van der Waals surface area contributed by atoms with Crippen molar-refractivity contribution in [1.82, 2.24) is 15.3 Å². The van der Waals surface area contributed by atoms with E-state index in [4.69, 9.17) is 4.74 Å². The average Bonchev–Trinajstić information content (AvgIpc) is 2.46. The predicted octanol–water partition coefficient (Wildman–Crippen LogP) is 3.32. The van der Waals surface area contributed by atoms with Gasteiger partial charge in [-0.1, -0.05) is 33.6 Å². The highest BCUT2D eigenvalue weighted by molar-refractivity contribution is 5.09. The summed E-state index contributed by atoms with van der Waals surface area (Å²) < 4.78 is 6.03. The number of aromatic nitrogens is 2. The van der Waals surface area contributed by atoms with Crippen molar-refractivity contribution < 1.29 is 4.74 Å². The quantitative estimate of drug-likeness (QED) is 0.866. The molecule has 1 aromatic heterocycles. The topological polar surface area (TPSA) is 47.0 Å². The zero-order chi connectivity index (χ0) is 14.4. The molecule has 1 saturated carbocycles. The molecule has 0 aliphatic heterocycles. The van der Waals surface area contributed by atoms with Crippen molar-refractivity contribution in [2.75, 3.05) is 0 Å². The van der Waals surface area contributed by atoms with Gasteiger partial charge >= 0.3 is 0 Å². The lowest BCUT2D eigenvalue weighted by Crippen LogP contribution is -2.26. The van der Waals surface area contributed by atoms with Crippen molar-refractivity contribution >= 4 is 0 Å². The predicted molar refractivity (Wildman–Crippen MR) is 80.7 cm³/mol. The first-order valence-electron chi connectivity index (χ1n) is 7.88. The van der Waals surface area contributed by atoms with Crippen molar-refractivity contribution in [2.45, 2.75) is 71.6 Å². The third kappa shape index (κ3) is 4.75. The first-order chi connectivity index (χ1) is 9.67. The minimum absolute atomic E-state index is 0.316. The Morgan fingerprint density at radius 2 is 2.20 bits per heavy atom. The number of ether oxygens (including phenoxy) is 1. The van der Waals surface area contributed by atoms with Gasteiger partial charge in [-0.05, 0) is 25.2 Å². The summed E-state index contributed by atoms with van der Waals surface area (Å²) in [5, 5.41) is 3.35. The van der Waals surface area contributed by atoms with Crippen LogP contribution in [0.25, 0.3) is 0 Å². The molecule has 1 heterocycles. The third-order valence-corrected chi connectivity index (χ3v) is 3.95. The highest BCUT2D eigenvalue weighted by atomic mass is 16.5. The zero-order valence-electron chi connectivity index (χ0n) is 12.9.